The summed E-state index contributed by atoms with van der Waals surface area (Å²) in [6.07, 6.45) is 0.0423. The highest BCUT2D eigenvalue weighted by atomic mass is 35.5. The van der Waals surface area contributed by atoms with Crippen molar-refractivity contribution < 1.29 is 9.53 Å². The molecule has 1 aromatic carbocycles. The minimum absolute atomic E-state index is 0.0423. The van der Waals surface area contributed by atoms with Gasteiger partial charge in [0.25, 0.3) is 0 Å². The molecule has 1 amide bonds. The van der Waals surface area contributed by atoms with Crippen molar-refractivity contribution in [1.82, 2.24) is 0 Å². The maximum absolute atomic E-state index is 11.9. The predicted molar refractivity (Wildman–Crippen MR) is 73.6 cm³/mol. The van der Waals surface area contributed by atoms with Crippen LogP contribution in [-0.2, 0) is 16.1 Å². The second-order valence-corrected chi connectivity index (χ2v) is 4.40. The summed E-state index contributed by atoms with van der Waals surface area (Å²) in [6, 6.07) is 7.48. The van der Waals surface area contributed by atoms with Gasteiger partial charge < -0.3 is 10.5 Å². The monoisotopic (exact) mass is 270 g/mol. The first-order chi connectivity index (χ1) is 8.60. The Morgan fingerprint density at radius 1 is 1.44 bits per heavy atom. The zero-order valence-electron chi connectivity index (χ0n) is 10.7. The average molecular weight is 271 g/mol. The van der Waals surface area contributed by atoms with Crippen LogP contribution in [0.4, 0.5) is 5.69 Å². The van der Waals surface area contributed by atoms with E-state index in [1.54, 1.807) is 0 Å². The number of alkyl halides is 1. The summed E-state index contributed by atoms with van der Waals surface area (Å²) in [5, 5.41) is 0. The number of nitrogens with zero attached hydrogens (tertiary/aromatic N) is 1. The standard InChI is InChI=1S/C13H19ClN2O2/c1-10(2)18-9-16(13(17)7-14)12-6-4-3-5-11(12)8-15/h3-6,10H,7-9,15H2,1-2H3. The Balaban J connectivity index is 2.97. The maximum Gasteiger partial charge on any atom is 0.243 e. The molecular formula is C13H19ClN2O2. The van der Waals surface area contributed by atoms with E-state index in [0.29, 0.717) is 6.54 Å². The third-order valence-electron chi connectivity index (χ3n) is 2.45. The van der Waals surface area contributed by atoms with Crippen LogP contribution in [0.5, 0.6) is 0 Å². The zero-order valence-corrected chi connectivity index (χ0v) is 11.5. The van der Waals surface area contributed by atoms with Gasteiger partial charge in [-0.05, 0) is 25.5 Å². The minimum Gasteiger partial charge on any atom is -0.358 e. The molecule has 0 heterocycles. The van der Waals surface area contributed by atoms with Crippen molar-refractivity contribution >= 4 is 23.2 Å². The summed E-state index contributed by atoms with van der Waals surface area (Å²) in [7, 11) is 0. The Morgan fingerprint density at radius 2 is 2.11 bits per heavy atom. The lowest BCUT2D eigenvalue weighted by molar-refractivity contribution is -0.117. The van der Waals surface area contributed by atoms with Gasteiger partial charge in [-0.1, -0.05) is 18.2 Å². The molecule has 0 aliphatic heterocycles. The Morgan fingerprint density at radius 3 is 2.67 bits per heavy atom. The Hall–Kier alpha value is -1.10. The Kier molecular flexibility index (Phi) is 6.12. The van der Waals surface area contributed by atoms with E-state index >= 15 is 0 Å². The molecule has 0 spiro atoms. The number of hydrogen-bond donors (Lipinski definition) is 1. The van der Waals surface area contributed by atoms with E-state index in [0.717, 1.165) is 11.3 Å². The van der Waals surface area contributed by atoms with E-state index < -0.39 is 0 Å². The van der Waals surface area contributed by atoms with Crippen LogP contribution in [0.3, 0.4) is 0 Å². The molecule has 0 aliphatic rings. The summed E-state index contributed by atoms with van der Waals surface area (Å²) in [5.41, 5.74) is 7.32. The van der Waals surface area contributed by atoms with Gasteiger partial charge in [0.15, 0.2) is 0 Å². The summed E-state index contributed by atoms with van der Waals surface area (Å²) in [4.78, 5) is 13.4. The molecule has 0 radical (unpaired) electrons. The van der Waals surface area contributed by atoms with Crippen LogP contribution in [-0.4, -0.2) is 24.6 Å². The van der Waals surface area contributed by atoms with Gasteiger partial charge in [-0.15, -0.1) is 11.6 Å². The molecule has 18 heavy (non-hydrogen) atoms. The SMILES string of the molecule is CC(C)OCN(C(=O)CCl)c1ccccc1CN. The van der Waals surface area contributed by atoms with Crippen LogP contribution in [0.25, 0.3) is 0 Å². The molecule has 0 aromatic heterocycles. The second kappa shape index (κ2) is 7.36. The first-order valence-corrected chi connectivity index (χ1v) is 6.39. The quantitative estimate of drug-likeness (QED) is 0.636. The molecule has 0 saturated carbocycles. The number of carbonyl (C=O) groups excluding carboxylic acids is 1. The van der Waals surface area contributed by atoms with Crippen LogP contribution in [0.15, 0.2) is 24.3 Å². The van der Waals surface area contributed by atoms with E-state index in [2.05, 4.69) is 0 Å². The summed E-state index contributed by atoms with van der Waals surface area (Å²) < 4.78 is 5.49. The molecule has 5 heteroatoms. The molecule has 0 fully saturated rings. The van der Waals surface area contributed by atoms with Gasteiger partial charge in [0.2, 0.25) is 5.91 Å². The van der Waals surface area contributed by atoms with Crippen molar-refractivity contribution in [1.29, 1.82) is 0 Å². The van der Waals surface area contributed by atoms with Gasteiger partial charge in [-0.2, -0.15) is 0 Å². The van der Waals surface area contributed by atoms with Crippen molar-refractivity contribution in [2.75, 3.05) is 17.5 Å². The number of anilines is 1. The van der Waals surface area contributed by atoms with Crippen LogP contribution in [0, 0.1) is 0 Å². The maximum atomic E-state index is 11.9. The molecule has 1 aromatic rings. The van der Waals surface area contributed by atoms with Crippen LogP contribution in [0.1, 0.15) is 19.4 Å². The normalized spacial score (nSPS) is 10.7. The number of benzene rings is 1. The van der Waals surface area contributed by atoms with E-state index in [9.17, 15) is 4.79 Å². The van der Waals surface area contributed by atoms with Gasteiger partial charge in [-0.25, -0.2) is 0 Å². The molecule has 1 rings (SSSR count). The highest BCUT2D eigenvalue weighted by Gasteiger charge is 2.17. The molecule has 0 bridgehead atoms. The number of halogens is 1. The zero-order chi connectivity index (χ0) is 13.5. The van der Waals surface area contributed by atoms with Gasteiger partial charge in [-0.3, -0.25) is 9.69 Å². The number of hydrogen-bond acceptors (Lipinski definition) is 3. The highest BCUT2D eigenvalue weighted by molar-refractivity contribution is 6.29. The molecule has 0 atom stereocenters. The summed E-state index contributed by atoms with van der Waals surface area (Å²) in [5.74, 6) is -0.279. The fraction of sp³-hybridized carbons (Fsp3) is 0.462. The van der Waals surface area contributed by atoms with E-state index in [4.69, 9.17) is 22.1 Å². The summed E-state index contributed by atoms with van der Waals surface area (Å²) in [6.45, 7) is 4.38. The van der Waals surface area contributed by atoms with Gasteiger partial charge in [0.1, 0.15) is 12.6 Å². The number of amides is 1. The van der Waals surface area contributed by atoms with Crippen LogP contribution in [0.2, 0.25) is 0 Å². The largest absolute Gasteiger partial charge is 0.358 e. The van der Waals surface area contributed by atoms with Crippen LogP contribution < -0.4 is 10.6 Å². The Labute approximate surface area is 113 Å². The van der Waals surface area contributed by atoms with Crippen molar-refractivity contribution in [2.45, 2.75) is 26.5 Å². The van der Waals surface area contributed by atoms with Gasteiger partial charge >= 0.3 is 0 Å². The van der Waals surface area contributed by atoms with E-state index in [1.807, 2.05) is 38.1 Å². The van der Waals surface area contributed by atoms with Crippen molar-refractivity contribution in [3.63, 3.8) is 0 Å². The number of ether oxygens (including phenoxy) is 1. The van der Waals surface area contributed by atoms with Crippen LogP contribution >= 0.6 is 11.6 Å². The first-order valence-electron chi connectivity index (χ1n) is 5.86. The molecule has 2 N–H and O–H groups in total. The van der Waals surface area contributed by atoms with Crippen molar-refractivity contribution in [3.8, 4) is 0 Å². The number of para-hydroxylation sites is 1. The fourth-order valence-corrected chi connectivity index (χ4v) is 1.66. The third kappa shape index (κ3) is 3.98. The number of rotatable bonds is 6. The minimum atomic E-state index is -0.196. The molecule has 0 saturated heterocycles. The molecule has 0 unspecified atom stereocenters. The smallest absolute Gasteiger partial charge is 0.243 e. The second-order valence-electron chi connectivity index (χ2n) is 4.13. The van der Waals surface area contributed by atoms with Crippen molar-refractivity contribution in [3.05, 3.63) is 29.8 Å². The van der Waals surface area contributed by atoms with E-state index in [-0.39, 0.29) is 24.6 Å². The lowest BCUT2D eigenvalue weighted by atomic mass is 10.1. The highest BCUT2D eigenvalue weighted by Crippen LogP contribution is 2.20. The first kappa shape index (κ1) is 15.0. The average Bonchev–Trinajstić information content (AvgIpc) is 2.38. The lowest BCUT2D eigenvalue weighted by Crippen LogP contribution is -2.36. The Bertz CT molecular complexity index is 396. The molecular weight excluding hydrogens is 252 g/mol. The predicted octanol–water partition coefficient (Wildman–Crippen LogP) is 2.10. The third-order valence-corrected chi connectivity index (χ3v) is 2.68. The molecule has 4 nitrogen and oxygen atoms in total. The lowest BCUT2D eigenvalue weighted by Gasteiger charge is -2.25. The fourth-order valence-electron chi connectivity index (χ4n) is 1.52. The summed E-state index contributed by atoms with van der Waals surface area (Å²) >= 11 is 5.63. The van der Waals surface area contributed by atoms with Crippen molar-refractivity contribution in [2.24, 2.45) is 5.73 Å². The molecule has 100 valence electrons. The number of nitrogens with two attached hydrogens (primary N) is 1. The van der Waals surface area contributed by atoms with Gasteiger partial charge in [0.05, 0.1) is 11.8 Å². The number of carbonyl (C=O) groups is 1. The van der Waals surface area contributed by atoms with Gasteiger partial charge in [0, 0.05) is 6.54 Å². The van der Waals surface area contributed by atoms with E-state index in [1.165, 1.54) is 4.90 Å². The topological polar surface area (TPSA) is 55.6 Å². The molecule has 0 aliphatic carbocycles.